The zero-order chi connectivity index (χ0) is 10.8. The van der Waals surface area contributed by atoms with Crippen molar-refractivity contribution in [3.05, 3.63) is 33.3 Å². The number of hydrogen-bond donors (Lipinski definition) is 1. The van der Waals surface area contributed by atoms with Crippen molar-refractivity contribution in [1.82, 2.24) is 0 Å². The van der Waals surface area contributed by atoms with Crippen LogP contribution in [0, 0.1) is 5.92 Å². The summed E-state index contributed by atoms with van der Waals surface area (Å²) in [7, 11) is 0. The molecule has 0 radical (unpaired) electrons. The molecule has 1 aliphatic carbocycles. The summed E-state index contributed by atoms with van der Waals surface area (Å²) in [4.78, 5) is 0. The summed E-state index contributed by atoms with van der Waals surface area (Å²) in [6, 6.07) is 6.16. The summed E-state index contributed by atoms with van der Waals surface area (Å²) < 4.78 is 0.940. The van der Waals surface area contributed by atoms with Crippen molar-refractivity contribution in [2.24, 2.45) is 11.7 Å². The highest BCUT2D eigenvalue weighted by atomic mass is 79.9. The first kappa shape index (κ1) is 11.4. The molecule has 1 fully saturated rings. The number of rotatable bonds is 2. The molecule has 0 saturated heterocycles. The Hall–Kier alpha value is -0.0500. The SMILES string of the molecule is NC(c1ccc(Cl)c(Br)c1)C1CCCC1. The predicted molar refractivity (Wildman–Crippen MR) is 68.0 cm³/mol. The minimum absolute atomic E-state index is 0.168. The van der Waals surface area contributed by atoms with Gasteiger partial charge in [-0.15, -0.1) is 0 Å². The molecule has 1 aromatic rings. The molecule has 1 atom stereocenters. The third-order valence-electron chi connectivity index (χ3n) is 3.24. The molecule has 0 amide bonds. The molecule has 1 saturated carbocycles. The van der Waals surface area contributed by atoms with Crippen LogP contribution in [0.15, 0.2) is 22.7 Å². The average Bonchev–Trinajstić information content (AvgIpc) is 2.74. The third kappa shape index (κ3) is 2.55. The molecule has 1 aromatic carbocycles. The van der Waals surface area contributed by atoms with Crippen molar-refractivity contribution >= 4 is 27.5 Å². The monoisotopic (exact) mass is 287 g/mol. The van der Waals surface area contributed by atoms with Gasteiger partial charge in [-0.1, -0.05) is 30.5 Å². The van der Waals surface area contributed by atoms with Crippen molar-refractivity contribution in [3.8, 4) is 0 Å². The number of benzene rings is 1. The fourth-order valence-electron chi connectivity index (χ4n) is 2.31. The topological polar surface area (TPSA) is 26.0 Å². The standard InChI is InChI=1S/C12H15BrClN/c13-10-7-9(5-6-11(10)14)12(15)8-3-1-2-4-8/h5-8,12H,1-4,15H2. The Morgan fingerprint density at radius 3 is 2.60 bits per heavy atom. The Balaban J connectivity index is 2.17. The van der Waals surface area contributed by atoms with E-state index in [0.29, 0.717) is 5.92 Å². The van der Waals surface area contributed by atoms with E-state index in [0.717, 1.165) is 9.50 Å². The fourth-order valence-corrected chi connectivity index (χ4v) is 2.82. The van der Waals surface area contributed by atoms with Crippen LogP contribution in [0.4, 0.5) is 0 Å². The minimum atomic E-state index is 0.168. The van der Waals surface area contributed by atoms with Crippen LogP contribution in [-0.4, -0.2) is 0 Å². The Kier molecular flexibility index (Phi) is 3.70. The van der Waals surface area contributed by atoms with Gasteiger partial charge in [0.05, 0.1) is 5.02 Å². The second-order valence-corrected chi connectivity index (χ2v) is 5.51. The normalized spacial score (nSPS) is 19.4. The van der Waals surface area contributed by atoms with Crippen LogP contribution in [0.2, 0.25) is 5.02 Å². The summed E-state index contributed by atoms with van der Waals surface area (Å²) in [5.74, 6) is 0.651. The zero-order valence-corrected chi connectivity index (χ0v) is 10.9. The first-order chi connectivity index (χ1) is 7.18. The van der Waals surface area contributed by atoms with Crippen LogP contribution < -0.4 is 5.73 Å². The van der Waals surface area contributed by atoms with Gasteiger partial charge in [0.2, 0.25) is 0 Å². The van der Waals surface area contributed by atoms with Crippen LogP contribution in [0.25, 0.3) is 0 Å². The molecule has 1 unspecified atom stereocenters. The molecular weight excluding hydrogens is 273 g/mol. The van der Waals surface area contributed by atoms with Gasteiger partial charge in [-0.2, -0.15) is 0 Å². The van der Waals surface area contributed by atoms with Gasteiger partial charge in [0, 0.05) is 10.5 Å². The van der Waals surface area contributed by atoms with Crippen LogP contribution in [0.5, 0.6) is 0 Å². The van der Waals surface area contributed by atoms with Gasteiger partial charge in [0.1, 0.15) is 0 Å². The van der Waals surface area contributed by atoms with Crippen molar-refractivity contribution < 1.29 is 0 Å². The summed E-state index contributed by atoms with van der Waals surface area (Å²) in [6.45, 7) is 0. The van der Waals surface area contributed by atoms with Crippen LogP contribution in [-0.2, 0) is 0 Å². The van der Waals surface area contributed by atoms with Crippen molar-refractivity contribution in [1.29, 1.82) is 0 Å². The second-order valence-electron chi connectivity index (χ2n) is 4.24. The molecule has 15 heavy (non-hydrogen) atoms. The zero-order valence-electron chi connectivity index (χ0n) is 8.55. The van der Waals surface area contributed by atoms with Gasteiger partial charge in [0.15, 0.2) is 0 Å². The Bertz CT molecular complexity index is 347. The highest BCUT2D eigenvalue weighted by molar-refractivity contribution is 9.10. The molecule has 0 bridgehead atoms. The van der Waals surface area contributed by atoms with E-state index in [1.807, 2.05) is 18.2 Å². The summed E-state index contributed by atoms with van der Waals surface area (Å²) in [5.41, 5.74) is 7.45. The van der Waals surface area contributed by atoms with Crippen LogP contribution in [0.1, 0.15) is 37.3 Å². The molecule has 1 nitrogen and oxygen atoms in total. The van der Waals surface area contributed by atoms with Gasteiger partial charge >= 0.3 is 0 Å². The van der Waals surface area contributed by atoms with Crippen molar-refractivity contribution in [2.75, 3.05) is 0 Å². The van der Waals surface area contributed by atoms with E-state index >= 15 is 0 Å². The second kappa shape index (κ2) is 4.86. The maximum Gasteiger partial charge on any atom is 0.0548 e. The Morgan fingerprint density at radius 2 is 2.00 bits per heavy atom. The predicted octanol–water partition coefficient (Wildman–Crippen LogP) is 4.29. The lowest BCUT2D eigenvalue weighted by Crippen LogP contribution is -2.18. The first-order valence-corrected chi connectivity index (χ1v) is 6.56. The van der Waals surface area contributed by atoms with Crippen LogP contribution >= 0.6 is 27.5 Å². The van der Waals surface area contributed by atoms with Crippen molar-refractivity contribution in [3.63, 3.8) is 0 Å². The number of halogens is 2. The van der Waals surface area contributed by atoms with Gasteiger partial charge in [-0.25, -0.2) is 0 Å². The van der Waals surface area contributed by atoms with E-state index in [1.165, 1.54) is 31.2 Å². The molecule has 3 heteroatoms. The molecular formula is C12H15BrClN. The summed E-state index contributed by atoms with van der Waals surface area (Å²) in [5, 5.41) is 0.748. The average molecular weight is 289 g/mol. The van der Waals surface area contributed by atoms with E-state index in [2.05, 4.69) is 15.9 Å². The third-order valence-corrected chi connectivity index (χ3v) is 4.45. The highest BCUT2D eigenvalue weighted by Crippen LogP contribution is 2.35. The summed E-state index contributed by atoms with van der Waals surface area (Å²) >= 11 is 9.39. The molecule has 1 aliphatic rings. The minimum Gasteiger partial charge on any atom is -0.324 e. The first-order valence-electron chi connectivity index (χ1n) is 5.39. The molecule has 82 valence electrons. The maximum absolute atomic E-state index is 6.26. The lowest BCUT2D eigenvalue weighted by Gasteiger charge is -2.19. The fraction of sp³-hybridized carbons (Fsp3) is 0.500. The number of nitrogens with two attached hydrogens (primary N) is 1. The lowest BCUT2D eigenvalue weighted by molar-refractivity contribution is 0.445. The molecule has 0 heterocycles. The van der Waals surface area contributed by atoms with Gasteiger partial charge < -0.3 is 5.73 Å². The molecule has 0 aromatic heterocycles. The molecule has 0 spiro atoms. The number of hydrogen-bond acceptors (Lipinski definition) is 1. The molecule has 2 N–H and O–H groups in total. The van der Waals surface area contributed by atoms with E-state index in [9.17, 15) is 0 Å². The maximum atomic E-state index is 6.26. The molecule has 2 rings (SSSR count). The van der Waals surface area contributed by atoms with E-state index < -0.39 is 0 Å². The van der Waals surface area contributed by atoms with Crippen molar-refractivity contribution in [2.45, 2.75) is 31.7 Å². The van der Waals surface area contributed by atoms with Gasteiger partial charge in [-0.05, 0) is 52.4 Å². The highest BCUT2D eigenvalue weighted by Gasteiger charge is 2.23. The van der Waals surface area contributed by atoms with Gasteiger partial charge in [0.25, 0.3) is 0 Å². The van der Waals surface area contributed by atoms with E-state index in [-0.39, 0.29) is 6.04 Å². The Labute approximate surface area is 104 Å². The van der Waals surface area contributed by atoms with Gasteiger partial charge in [-0.3, -0.25) is 0 Å². The summed E-state index contributed by atoms with van der Waals surface area (Å²) in [6.07, 6.45) is 5.18. The molecule has 0 aliphatic heterocycles. The smallest absolute Gasteiger partial charge is 0.0548 e. The van der Waals surface area contributed by atoms with E-state index in [4.69, 9.17) is 17.3 Å². The largest absolute Gasteiger partial charge is 0.324 e. The Morgan fingerprint density at radius 1 is 1.33 bits per heavy atom. The quantitative estimate of drug-likeness (QED) is 0.863. The van der Waals surface area contributed by atoms with E-state index in [1.54, 1.807) is 0 Å². The van der Waals surface area contributed by atoms with Crippen LogP contribution in [0.3, 0.4) is 0 Å². The lowest BCUT2D eigenvalue weighted by atomic mass is 9.93.